The molecule has 1 aromatic heterocycles. The van der Waals surface area contributed by atoms with Crippen LogP contribution >= 0.6 is 15.9 Å². The highest BCUT2D eigenvalue weighted by molar-refractivity contribution is 9.10. The standard InChI is InChI=1S/C8H6BrNO/c1-5-10-7-4-2-3-6(9)8(7)11-5/h2-4H,1H3. The molecule has 0 radical (unpaired) electrons. The molecule has 0 saturated carbocycles. The molecular formula is C8H6BrNO. The van der Waals surface area contributed by atoms with Crippen LogP contribution in [0.1, 0.15) is 5.89 Å². The van der Waals surface area contributed by atoms with E-state index in [1.807, 2.05) is 25.1 Å². The van der Waals surface area contributed by atoms with Gasteiger partial charge < -0.3 is 4.42 Å². The first-order valence-corrected chi connectivity index (χ1v) is 4.08. The number of aromatic nitrogens is 1. The van der Waals surface area contributed by atoms with Crippen molar-refractivity contribution in [1.82, 2.24) is 4.98 Å². The summed E-state index contributed by atoms with van der Waals surface area (Å²) in [6.07, 6.45) is 0. The second-order valence-corrected chi connectivity index (χ2v) is 3.18. The SMILES string of the molecule is Cc1nc2cccc(Br)c2o1. The highest BCUT2D eigenvalue weighted by Crippen LogP contribution is 2.23. The summed E-state index contributed by atoms with van der Waals surface area (Å²) in [5.74, 6) is 0.701. The average molecular weight is 212 g/mol. The molecule has 56 valence electrons. The maximum absolute atomic E-state index is 5.34. The molecule has 11 heavy (non-hydrogen) atoms. The lowest BCUT2D eigenvalue weighted by molar-refractivity contribution is 0.559. The minimum atomic E-state index is 0.701. The van der Waals surface area contributed by atoms with Crippen LogP contribution in [0.25, 0.3) is 11.1 Å². The largest absolute Gasteiger partial charge is 0.440 e. The average Bonchev–Trinajstić information content (AvgIpc) is 2.31. The lowest BCUT2D eigenvalue weighted by atomic mass is 10.3. The summed E-state index contributed by atoms with van der Waals surface area (Å²) in [6.45, 7) is 1.84. The normalized spacial score (nSPS) is 10.7. The highest BCUT2D eigenvalue weighted by Gasteiger charge is 2.03. The fraction of sp³-hybridized carbons (Fsp3) is 0.125. The Morgan fingerprint density at radius 2 is 2.27 bits per heavy atom. The van der Waals surface area contributed by atoms with E-state index >= 15 is 0 Å². The fourth-order valence-corrected chi connectivity index (χ4v) is 1.46. The van der Waals surface area contributed by atoms with Crippen molar-refractivity contribution in [2.75, 3.05) is 0 Å². The van der Waals surface area contributed by atoms with Gasteiger partial charge in [-0.3, -0.25) is 0 Å². The first-order chi connectivity index (χ1) is 5.27. The van der Waals surface area contributed by atoms with Crippen LogP contribution in [0.2, 0.25) is 0 Å². The number of hydrogen-bond donors (Lipinski definition) is 0. The zero-order valence-corrected chi connectivity index (χ0v) is 7.55. The van der Waals surface area contributed by atoms with E-state index < -0.39 is 0 Å². The Morgan fingerprint density at radius 1 is 1.45 bits per heavy atom. The summed E-state index contributed by atoms with van der Waals surface area (Å²) in [7, 11) is 0. The number of hydrogen-bond acceptors (Lipinski definition) is 2. The topological polar surface area (TPSA) is 26.0 Å². The van der Waals surface area contributed by atoms with Crippen LogP contribution in [-0.4, -0.2) is 4.98 Å². The Labute approximate surface area is 72.4 Å². The van der Waals surface area contributed by atoms with Crippen molar-refractivity contribution >= 4 is 27.0 Å². The third-order valence-corrected chi connectivity index (χ3v) is 2.10. The van der Waals surface area contributed by atoms with Gasteiger partial charge in [0.1, 0.15) is 5.52 Å². The van der Waals surface area contributed by atoms with Crippen molar-refractivity contribution in [3.8, 4) is 0 Å². The molecular weight excluding hydrogens is 206 g/mol. The van der Waals surface area contributed by atoms with Crippen LogP contribution in [-0.2, 0) is 0 Å². The minimum absolute atomic E-state index is 0.701. The van der Waals surface area contributed by atoms with Gasteiger partial charge in [0.15, 0.2) is 11.5 Å². The van der Waals surface area contributed by atoms with E-state index in [-0.39, 0.29) is 0 Å². The first kappa shape index (κ1) is 6.85. The number of rotatable bonds is 0. The van der Waals surface area contributed by atoms with E-state index in [9.17, 15) is 0 Å². The van der Waals surface area contributed by atoms with Crippen LogP contribution in [0.3, 0.4) is 0 Å². The summed E-state index contributed by atoms with van der Waals surface area (Å²) in [4.78, 5) is 4.18. The van der Waals surface area contributed by atoms with Gasteiger partial charge in [-0.2, -0.15) is 0 Å². The Morgan fingerprint density at radius 3 is 3.00 bits per heavy atom. The molecule has 0 unspecified atom stereocenters. The molecule has 1 heterocycles. The molecule has 1 aromatic carbocycles. The number of fused-ring (bicyclic) bond motifs is 1. The fourth-order valence-electron chi connectivity index (χ4n) is 1.03. The maximum Gasteiger partial charge on any atom is 0.192 e. The van der Waals surface area contributed by atoms with Gasteiger partial charge in [0, 0.05) is 6.92 Å². The molecule has 0 aliphatic heterocycles. The molecule has 3 heteroatoms. The number of oxazole rings is 1. The number of aryl methyl sites for hydroxylation is 1. The predicted octanol–water partition coefficient (Wildman–Crippen LogP) is 2.90. The third kappa shape index (κ3) is 1.05. The van der Waals surface area contributed by atoms with Gasteiger partial charge in [-0.15, -0.1) is 0 Å². The van der Waals surface area contributed by atoms with Crippen molar-refractivity contribution in [3.63, 3.8) is 0 Å². The van der Waals surface area contributed by atoms with Gasteiger partial charge in [0.05, 0.1) is 4.47 Å². The molecule has 0 atom stereocenters. The third-order valence-electron chi connectivity index (χ3n) is 1.47. The van der Waals surface area contributed by atoms with Crippen LogP contribution in [0.4, 0.5) is 0 Å². The molecule has 0 bridgehead atoms. The molecule has 0 aliphatic carbocycles. The van der Waals surface area contributed by atoms with Gasteiger partial charge in [-0.25, -0.2) is 4.98 Å². The van der Waals surface area contributed by atoms with Crippen LogP contribution in [0, 0.1) is 6.92 Å². The zero-order chi connectivity index (χ0) is 7.84. The van der Waals surface area contributed by atoms with E-state index in [2.05, 4.69) is 20.9 Å². The predicted molar refractivity (Wildman–Crippen MR) is 46.4 cm³/mol. The second-order valence-electron chi connectivity index (χ2n) is 2.32. The molecule has 2 nitrogen and oxygen atoms in total. The maximum atomic E-state index is 5.34. The van der Waals surface area contributed by atoms with Crippen molar-refractivity contribution in [1.29, 1.82) is 0 Å². The number of nitrogens with zero attached hydrogens (tertiary/aromatic N) is 1. The van der Waals surface area contributed by atoms with Crippen LogP contribution in [0.15, 0.2) is 27.1 Å². The first-order valence-electron chi connectivity index (χ1n) is 3.29. The van der Waals surface area contributed by atoms with Crippen molar-refractivity contribution in [3.05, 3.63) is 28.6 Å². The zero-order valence-electron chi connectivity index (χ0n) is 5.97. The van der Waals surface area contributed by atoms with E-state index in [4.69, 9.17) is 4.42 Å². The van der Waals surface area contributed by atoms with Crippen LogP contribution < -0.4 is 0 Å². The molecule has 0 aliphatic rings. The Hall–Kier alpha value is -0.830. The number of halogens is 1. The van der Waals surface area contributed by atoms with E-state index in [1.165, 1.54) is 0 Å². The lowest BCUT2D eigenvalue weighted by Crippen LogP contribution is -1.67. The van der Waals surface area contributed by atoms with E-state index in [0.717, 1.165) is 15.6 Å². The molecule has 0 N–H and O–H groups in total. The number of para-hydroxylation sites is 1. The van der Waals surface area contributed by atoms with Gasteiger partial charge in [0.25, 0.3) is 0 Å². The van der Waals surface area contributed by atoms with Crippen LogP contribution in [0.5, 0.6) is 0 Å². The van der Waals surface area contributed by atoms with Crippen molar-refractivity contribution in [2.24, 2.45) is 0 Å². The molecule has 0 amide bonds. The minimum Gasteiger partial charge on any atom is -0.440 e. The lowest BCUT2D eigenvalue weighted by Gasteiger charge is -1.87. The van der Waals surface area contributed by atoms with Gasteiger partial charge in [-0.1, -0.05) is 6.07 Å². The summed E-state index contributed by atoms with van der Waals surface area (Å²) >= 11 is 3.38. The quantitative estimate of drug-likeness (QED) is 0.670. The Kier molecular flexibility index (Phi) is 1.46. The van der Waals surface area contributed by atoms with Crippen molar-refractivity contribution in [2.45, 2.75) is 6.92 Å². The summed E-state index contributed by atoms with van der Waals surface area (Å²) in [5.41, 5.74) is 1.72. The summed E-state index contributed by atoms with van der Waals surface area (Å²) in [6, 6.07) is 5.80. The monoisotopic (exact) mass is 211 g/mol. The molecule has 0 fully saturated rings. The molecule has 2 rings (SSSR count). The van der Waals surface area contributed by atoms with Gasteiger partial charge >= 0.3 is 0 Å². The molecule has 2 aromatic rings. The van der Waals surface area contributed by atoms with Gasteiger partial charge in [-0.05, 0) is 28.1 Å². The Bertz CT molecular complexity index is 394. The molecule has 0 spiro atoms. The molecule has 0 saturated heterocycles. The van der Waals surface area contributed by atoms with E-state index in [1.54, 1.807) is 0 Å². The van der Waals surface area contributed by atoms with Gasteiger partial charge in [0.2, 0.25) is 0 Å². The van der Waals surface area contributed by atoms with E-state index in [0.29, 0.717) is 5.89 Å². The van der Waals surface area contributed by atoms with Crippen molar-refractivity contribution < 1.29 is 4.42 Å². The summed E-state index contributed by atoms with van der Waals surface area (Å²) < 4.78 is 6.29. The number of benzene rings is 1. The smallest absolute Gasteiger partial charge is 0.192 e. The second kappa shape index (κ2) is 2.34. The highest BCUT2D eigenvalue weighted by atomic mass is 79.9. The Balaban J connectivity index is 2.90. The summed E-state index contributed by atoms with van der Waals surface area (Å²) in [5, 5.41) is 0.